The Morgan fingerprint density at radius 3 is 2.08 bits per heavy atom. The van der Waals surface area contributed by atoms with Crippen molar-refractivity contribution in [2.45, 2.75) is 49.9 Å². The fraction of sp³-hybridized carbons (Fsp3) is 0.591. The number of aromatic nitrogens is 1. The van der Waals surface area contributed by atoms with E-state index in [1.807, 2.05) is 19.0 Å². The number of ether oxygens (including phenoxy) is 1. The number of likely N-dealkylation sites (tertiary alicyclic amines) is 1. The van der Waals surface area contributed by atoms with Crippen molar-refractivity contribution in [1.29, 1.82) is 0 Å². The first-order chi connectivity index (χ1) is 18.3. The van der Waals surface area contributed by atoms with Gasteiger partial charge in [-0.05, 0) is 32.6 Å². The Bertz CT molecular complexity index is 996. The number of likely N-dealkylation sites (N-methyl/N-ethyl adjacent to an activating group) is 1. The quantitative estimate of drug-likeness (QED) is 0.418. The molecule has 0 spiro atoms. The van der Waals surface area contributed by atoms with Gasteiger partial charge in [-0.2, -0.15) is 26.3 Å². The SMILES string of the molecule is CN(C)CCNC(=O)[C@@H]1C[C@@H]2[C@@H](CCN2C(=O)Cc2ccc(F)cn2)O1.O=C(O)C(F)(F)F.O=C(O)C(F)(F)F. The summed E-state index contributed by atoms with van der Waals surface area (Å²) in [6, 6.07) is 2.75. The molecule has 2 aliphatic rings. The van der Waals surface area contributed by atoms with Crippen LogP contribution in [0.3, 0.4) is 0 Å². The lowest BCUT2D eigenvalue weighted by Crippen LogP contribution is -2.41. The summed E-state index contributed by atoms with van der Waals surface area (Å²) in [6.07, 6.45) is -8.28. The number of carbonyl (C=O) groups is 4. The van der Waals surface area contributed by atoms with Crippen LogP contribution in [0.15, 0.2) is 18.3 Å². The van der Waals surface area contributed by atoms with Crippen molar-refractivity contribution in [1.82, 2.24) is 20.1 Å². The number of fused-ring (bicyclic) bond motifs is 1. The number of carbonyl (C=O) groups excluding carboxylic acids is 2. The standard InChI is InChI=1S/C18H25FN4O3.2C2HF3O2/c1-22(2)8-6-20-18(25)16-10-14-15(26-16)5-7-23(14)17(24)9-13-4-3-12(19)11-21-13;2*3-2(4,5)1(6)7/h3-4,11,14-16H,5-10H2,1-2H3,(H,20,25);2*(H,6,7)/t14-,15-,16+;;/m1../s1. The minimum atomic E-state index is -5.08. The summed E-state index contributed by atoms with van der Waals surface area (Å²) in [5.74, 6) is -6.11. The number of nitrogens with zero attached hydrogens (tertiary/aromatic N) is 3. The molecule has 3 atom stereocenters. The van der Waals surface area contributed by atoms with Crippen molar-refractivity contribution in [3.8, 4) is 0 Å². The van der Waals surface area contributed by atoms with Gasteiger partial charge in [-0.25, -0.2) is 14.0 Å². The summed E-state index contributed by atoms with van der Waals surface area (Å²) < 4.78 is 82.3. The third-order valence-electron chi connectivity index (χ3n) is 5.36. The molecule has 3 rings (SSSR count). The van der Waals surface area contributed by atoms with Crippen LogP contribution in [0.1, 0.15) is 18.5 Å². The van der Waals surface area contributed by atoms with Crippen LogP contribution in [-0.2, 0) is 30.3 Å². The Morgan fingerprint density at radius 2 is 1.62 bits per heavy atom. The van der Waals surface area contributed by atoms with Gasteiger partial charge >= 0.3 is 24.3 Å². The van der Waals surface area contributed by atoms with Crippen molar-refractivity contribution >= 4 is 23.8 Å². The Hall–Kier alpha value is -3.54. The van der Waals surface area contributed by atoms with E-state index < -0.39 is 36.2 Å². The van der Waals surface area contributed by atoms with Gasteiger partial charge in [0.15, 0.2) is 0 Å². The lowest BCUT2D eigenvalue weighted by molar-refractivity contribution is -0.193. The van der Waals surface area contributed by atoms with Crippen molar-refractivity contribution in [2.75, 3.05) is 33.7 Å². The highest BCUT2D eigenvalue weighted by Gasteiger charge is 2.47. The molecule has 1 aromatic heterocycles. The average Bonchev–Trinajstić information content (AvgIpc) is 3.41. The summed E-state index contributed by atoms with van der Waals surface area (Å²) in [7, 11) is 3.89. The number of halogens is 7. The molecule has 3 heterocycles. The van der Waals surface area contributed by atoms with Crippen LogP contribution in [0.25, 0.3) is 0 Å². The van der Waals surface area contributed by atoms with Crippen LogP contribution in [-0.4, -0.2) is 113 Å². The number of amides is 2. The molecule has 0 saturated carbocycles. The molecule has 2 amide bonds. The number of carboxylic acids is 2. The monoisotopic (exact) mass is 592 g/mol. The minimum Gasteiger partial charge on any atom is -0.475 e. The summed E-state index contributed by atoms with van der Waals surface area (Å²) in [5, 5.41) is 17.1. The number of rotatable bonds is 6. The van der Waals surface area contributed by atoms with Gasteiger partial charge in [-0.15, -0.1) is 0 Å². The second-order valence-corrected chi connectivity index (χ2v) is 8.69. The van der Waals surface area contributed by atoms with Gasteiger partial charge in [0.05, 0.1) is 24.8 Å². The number of hydrogen-bond acceptors (Lipinski definition) is 7. The predicted octanol–water partition coefficient (Wildman–Crippen LogP) is 1.47. The normalized spacial score (nSPS) is 20.1. The Balaban J connectivity index is 0.000000473. The highest BCUT2D eigenvalue weighted by atomic mass is 19.4. The third-order valence-corrected chi connectivity index (χ3v) is 5.36. The Kier molecular flexibility index (Phi) is 12.7. The maximum Gasteiger partial charge on any atom is 0.490 e. The number of pyridine rings is 1. The largest absolute Gasteiger partial charge is 0.490 e. The zero-order chi connectivity index (χ0) is 30.8. The van der Waals surface area contributed by atoms with Gasteiger partial charge in [-0.3, -0.25) is 14.6 Å². The van der Waals surface area contributed by atoms with Gasteiger partial charge in [0.1, 0.15) is 11.9 Å². The van der Waals surface area contributed by atoms with Gasteiger partial charge in [0, 0.05) is 31.7 Å². The summed E-state index contributed by atoms with van der Waals surface area (Å²) in [6.45, 7) is 1.95. The van der Waals surface area contributed by atoms with Crippen LogP contribution in [0.2, 0.25) is 0 Å². The van der Waals surface area contributed by atoms with E-state index in [9.17, 15) is 40.3 Å². The molecule has 226 valence electrons. The molecule has 0 aliphatic carbocycles. The molecule has 2 fully saturated rings. The van der Waals surface area contributed by atoms with Crippen molar-refractivity contribution in [3.05, 3.63) is 29.8 Å². The topological polar surface area (TPSA) is 149 Å². The maximum absolute atomic E-state index is 12.9. The van der Waals surface area contributed by atoms with Crippen molar-refractivity contribution in [2.24, 2.45) is 0 Å². The molecule has 0 unspecified atom stereocenters. The zero-order valence-corrected chi connectivity index (χ0v) is 21.1. The zero-order valence-electron chi connectivity index (χ0n) is 21.1. The molecular formula is C22H27F7N4O7. The van der Waals surface area contributed by atoms with Crippen molar-refractivity contribution in [3.63, 3.8) is 0 Å². The lowest BCUT2D eigenvalue weighted by Gasteiger charge is -2.23. The van der Waals surface area contributed by atoms with Crippen molar-refractivity contribution < 1.29 is 64.9 Å². The molecule has 11 nitrogen and oxygen atoms in total. The molecule has 1 aromatic rings. The first kappa shape index (κ1) is 34.5. The number of hydrogen-bond donors (Lipinski definition) is 3. The Labute approximate surface area is 222 Å². The van der Waals surface area contributed by atoms with Crippen LogP contribution in [0.4, 0.5) is 30.7 Å². The first-order valence-electron chi connectivity index (χ1n) is 11.4. The first-order valence-corrected chi connectivity index (χ1v) is 11.4. The molecule has 40 heavy (non-hydrogen) atoms. The molecule has 0 bridgehead atoms. The van der Waals surface area contributed by atoms with E-state index >= 15 is 0 Å². The van der Waals surface area contributed by atoms with Gasteiger partial charge in [-0.1, -0.05) is 0 Å². The second kappa shape index (κ2) is 14.7. The lowest BCUT2D eigenvalue weighted by atomic mass is 10.1. The predicted molar refractivity (Wildman–Crippen MR) is 120 cm³/mol. The number of carboxylic acid groups (broad SMARTS) is 2. The number of alkyl halides is 6. The van der Waals surface area contributed by atoms with Crippen LogP contribution < -0.4 is 5.32 Å². The van der Waals surface area contributed by atoms with Crippen LogP contribution in [0, 0.1) is 5.82 Å². The van der Waals surface area contributed by atoms with Crippen LogP contribution >= 0.6 is 0 Å². The summed E-state index contributed by atoms with van der Waals surface area (Å²) in [4.78, 5) is 50.4. The summed E-state index contributed by atoms with van der Waals surface area (Å²) >= 11 is 0. The third kappa shape index (κ3) is 11.7. The average molecular weight is 592 g/mol. The van der Waals surface area contributed by atoms with Gasteiger partial charge in [0.2, 0.25) is 11.8 Å². The molecule has 2 saturated heterocycles. The second-order valence-electron chi connectivity index (χ2n) is 8.69. The fourth-order valence-corrected chi connectivity index (χ4v) is 3.51. The van der Waals surface area contributed by atoms with E-state index in [2.05, 4.69) is 10.3 Å². The van der Waals surface area contributed by atoms with E-state index in [-0.39, 0.29) is 30.4 Å². The fourth-order valence-electron chi connectivity index (χ4n) is 3.51. The smallest absolute Gasteiger partial charge is 0.475 e. The summed E-state index contributed by atoms with van der Waals surface area (Å²) in [5.41, 5.74) is 0.539. The molecule has 18 heteroatoms. The molecule has 3 N–H and O–H groups in total. The highest BCUT2D eigenvalue weighted by molar-refractivity contribution is 5.82. The van der Waals surface area contributed by atoms with Gasteiger partial charge < -0.3 is 30.1 Å². The molecular weight excluding hydrogens is 565 g/mol. The van der Waals surface area contributed by atoms with Gasteiger partial charge in [0.25, 0.3) is 0 Å². The van der Waals surface area contributed by atoms with E-state index in [0.29, 0.717) is 25.2 Å². The van der Waals surface area contributed by atoms with Crippen LogP contribution in [0.5, 0.6) is 0 Å². The Morgan fingerprint density at radius 1 is 1.07 bits per heavy atom. The molecule has 0 aromatic carbocycles. The van der Waals surface area contributed by atoms with E-state index in [1.165, 1.54) is 12.1 Å². The number of aliphatic carboxylic acids is 2. The molecule has 0 radical (unpaired) electrons. The molecule has 2 aliphatic heterocycles. The van der Waals surface area contributed by atoms with E-state index in [4.69, 9.17) is 24.5 Å². The van der Waals surface area contributed by atoms with E-state index in [0.717, 1.165) is 19.2 Å². The van der Waals surface area contributed by atoms with E-state index in [1.54, 1.807) is 4.90 Å². The highest BCUT2D eigenvalue weighted by Crippen LogP contribution is 2.33. The minimum absolute atomic E-state index is 0.0612. The number of nitrogens with one attached hydrogen (secondary N) is 1. The maximum atomic E-state index is 12.9.